The fraction of sp³-hybridized carbons (Fsp3) is 0.267. The number of nitrogens with zero attached hydrogens (tertiary/aromatic N) is 2. The van der Waals surface area contributed by atoms with Crippen molar-refractivity contribution in [1.29, 1.82) is 0 Å². The predicted octanol–water partition coefficient (Wildman–Crippen LogP) is 3.54. The number of carbonyl (C=O) groups is 1. The number of non-ortho nitro benzene ring substituents is 1. The molecular weight excluding hydrogens is 288 g/mol. The summed E-state index contributed by atoms with van der Waals surface area (Å²) in [6, 6.07) is 8.64. The number of nitro benzene ring substituents is 1. The van der Waals surface area contributed by atoms with Crippen LogP contribution in [-0.4, -0.2) is 24.3 Å². The quantitative estimate of drug-likeness (QED) is 0.465. The third-order valence-electron chi connectivity index (χ3n) is 3.47. The highest BCUT2D eigenvalue weighted by atomic mass is 32.1. The zero-order valence-electron chi connectivity index (χ0n) is 11.9. The van der Waals surface area contributed by atoms with E-state index in [-0.39, 0.29) is 11.7 Å². The second-order valence-electron chi connectivity index (χ2n) is 4.86. The third-order valence-corrected chi connectivity index (χ3v) is 4.37. The Labute approximate surface area is 127 Å². The Kier molecular flexibility index (Phi) is 4.70. The number of hydrogen-bond donors (Lipinski definition) is 0. The van der Waals surface area contributed by atoms with Crippen molar-refractivity contribution in [3.8, 4) is 0 Å². The molecule has 0 aliphatic heterocycles. The van der Waals surface area contributed by atoms with Crippen molar-refractivity contribution in [3.05, 3.63) is 56.3 Å². The first-order valence-corrected chi connectivity index (χ1v) is 7.39. The normalized spacial score (nSPS) is 11.9. The molecule has 0 aliphatic carbocycles. The molecule has 110 valence electrons. The van der Waals surface area contributed by atoms with Crippen molar-refractivity contribution in [2.24, 2.45) is 0 Å². The average Bonchev–Trinajstić information content (AvgIpc) is 2.98. The number of aldehydes is 1. The summed E-state index contributed by atoms with van der Waals surface area (Å²) >= 11 is 1.69. The van der Waals surface area contributed by atoms with Crippen molar-refractivity contribution >= 4 is 29.0 Å². The summed E-state index contributed by atoms with van der Waals surface area (Å²) in [6.07, 6.45) is 1.53. The predicted molar refractivity (Wildman–Crippen MR) is 84.4 cm³/mol. The van der Waals surface area contributed by atoms with E-state index in [1.54, 1.807) is 17.4 Å². The zero-order chi connectivity index (χ0) is 15.4. The zero-order valence-corrected chi connectivity index (χ0v) is 12.7. The van der Waals surface area contributed by atoms with E-state index in [4.69, 9.17) is 0 Å². The van der Waals surface area contributed by atoms with Crippen LogP contribution in [0, 0.1) is 10.1 Å². The minimum Gasteiger partial charge on any atom is -0.371 e. The lowest BCUT2D eigenvalue weighted by atomic mass is 10.1. The van der Waals surface area contributed by atoms with Crippen molar-refractivity contribution in [3.63, 3.8) is 0 Å². The van der Waals surface area contributed by atoms with Gasteiger partial charge in [-0.15, -0.1) is 11.3 Å². The van der Waals surface area contributed by atoms with Crippen LogP contribution in [0.25, 0.3) is 0 Å². The first-order valence-electron chi connectivity index (χ1n) is 6.51. The second kappa shape index (κ2) is 6.49. The minimum atomic E-state index is -0.494. The van der Waals surface area contributed by atoms with Crippen LogP contribution < -0.4 is 4.90 Å². The molecule has 1 atom stereocenters. The lowest BCUT2D eigenvalue weighted by molar-refractivity contribution is -0.384. The number of likely N-dealkylation sites (N-methyl/N-ethyl adjacent to an activating group) is 1. The summed E-state index contributed by atoms with van der Waals surface area (Å²) in [4.78, 5) is 24.7. The van der Waals surface area contributed by atoms with Crippen molar-refractivity contribution < 1.29 is 9.72 Å². The maximum Gasteiger partial charge on any atom is 0.270 e. The van der Waals surface area contributed by atoms with E-state index in [0.29, 0.717) is 17.5 Å². The monoisotopic (exact) mass is 304 g/mol. The van der Waals surface area contributed by atoms with Gasteiger partial charge in [0.1, 0.15) is 0 Å². The molecule has 0 spiro atoms. The molecule has 1 aromatic heterocycles. The van der Waals surface area contributed by atoms with E-state index >= 15 is 0 Å². The Morgan fingerprint density at radius 2 is 2.19 bits per heavy atom. The molecule has 0 saturated carbocycles. The molecule has 2 aromatic rings. The van der Waals surface area contributed by atoms with Gasteiger partial charge in [-0.05, 0) is 24.4 Å². The van der Waals surface area contributed by atoms with Crippen LogP contribution in [-0.2, 0) is 6.42 Å². The molecule has 5 nitrogen and oxygen atoms in total. The summed E-state index contributed by atoms with van der Waals surface area (Å²) in [6.45, 7) is 2.07. The maximum atomic E-state index is 11.2. The van der Waals surface area contributed by atoms with E-state index < -0.39 is 4.92 Å². The molecule has 0 bridgehead atoms. The van der Waals surface area contributed by atoms with Crippen molar-refractivity contribution in [2.45, 2.75) is 19.4 Å². The first kappa shape index (κ1) is 15.2. The third kappa shape index (κ3) is 3.46. The molecular formula is C15H16N2O3S. The van der Waals surface area contributed by atoms with Crippen LogP contribution >= 0.6 is 11.3 Å². The molecule has 6 heteroatoms. The summed E-state index contributed by atoms with van der Waals surface area (Å²) < 4.78 is 0. The fourth-order valence-electron chi connectivity index (χ4n) is 2.17. The summed E-state index contributed by atoms with van der Waals surface area (Å²) in [7, 11) is 1.90. The topological polar surface area (TPSA) is 63.4 Å². The smallest absolute Gasteiger partial charge is 0.270 e. The maximum absolute atomic E-state index is 11.2. The molecule has 0 fully saturated rings. The summed E-state index contributed by atoms with van der Waals surface area (Å²) in [5.74, 6) is 0. The fourth-order valence-corrected chi connectivity index (χ4v) is 2.99. The molecule has 1 heterocycles. The summed E-state index contributed by atoms with van der Waals surface area (Å²) in [5, 5.41) is 12.8. The molecule has 21 heavy (non-hydrogen) atoms. The number of anilines is 1. The Bertz CT molecular complexity index is 640. The lowest BCUT2D eigenvalue weighted by Gasteiger charge is -2.27. The second-order valence-corrected chi connectivity index (χ2v) is 5.89. The number of hydrogen-bond acceptors (Lipinski definition) is 5. The Morgan fingerprint density at radius 3 is 2.76 bits per heavy atom. The highest BCUT2D eigenvalue weighted by Crippen LogP contribution is 2.26. The van der Waals surface area contributed by atoms with Crippen LogP contribution in [0.3, 0.4) is 0 Å². The Morgan fingerprint density at radius 1 is 1.43 bits per heavy atom. The van der Waals surface area contributed by atoms with Gasteiger partial charge in [0.15, 0.2) is 6.29 Å². The molecule has 2 rings (SSSR count). The van der Waals surface area contributed by atoms with E-state index in [1.165, 1.54) is 17.0 Å². The lowest BCUT2D eigenvalue weighted by Crippen LogP contribution is -2.31. The molecule has 0 amide bonds. The minimum absolute atomic E-state index is 0.0693. The van der Waals surface area contributed by atoms with Gasteiger partial charge in [0.25, 0.3) is 5.69 Å². The van der Waals surface area contributed by atoms with E-state index in [0.717, 1.165) is 6.42 Å². The number of carbonyl (C=O) groups excluding carboxylic acids is 1. The molecule has 0 radical (unpaired) electrons. The van der Waals surface area contributed by atoms with Gasteiger partial charge >= 0.3 is 0 Å². The summed E-state index contributed by atoms with van der Waals surface area (Å²) in [5.41, 5.74) is 0.976. The van der Waals surface area contributed by atoms with Gasteiger partial charge in [0, 0.05) is 47.8 Å². The van der Waals surface area contributed by atoms with E-state index in [1.807, 2.05) is 23.4 Å². The van der Waals surface area contributed by atoms with Crippen molar-refractivity contribution in [2.75, 3.05) is 11.9 Å². The SMILES string of the molecule is CC(Cc1cccs1)N(C)c1ccc([N+](=O)[O-])cc1C=O. The van der Waals surface area contributed by atoms with Crippen LogP contribution in [0.1, 0.15) is 22.2 Å². The number of rotatable bonds is 6. The van der Waals surface area contributed by atoms with Gasteiger partial charge in [-0.25, -0.2) is 0 Å². The highest BCUT2D eigenvalue weighted by Gasteiger charge is 2.17. The van der Waals surface area contributed by atoms with E-state index in [2.05, 4.69) is 13.0 Å². The van der Waals surface area contributed by atoms with Gasteiger partial charge in [-0.3, -0.25) is 14.9 Å². The van der Waals surface area contributed by atoms with Crippen LogP contribution in [0.2, 0.25) is 0 Å². The molecule has 1 aromatic carbocycles. The Hall–Kier alpha value is -2.21. The molecule has 1 unspecified atom stereocenters. The standard InChI is InChI=1S/C15H16N2O3S/c1-11(8-14-4-3-7-21-14)16(2)15-6-5-13(17(19)20)9-12(15)10-18/h3-7,9-11H,8H2,1-2H3. The van der Waals surface area contributed by atoms with Gasteiger partial charge < -0.3 is 4.90 Å². The van der Waals surface area contributed by atoms with Gasteiger partial charge in [0.2, 0.25) is 0 Å². The van der Waals surface area contributed by atoms with Gasteiger partial charge in [-0.1, -0.05) is 6.07 Å². The van der Waals surface area contributed by atoms with Crippen LogP contribution in [0.4, 0.5) is 11.4 Å². The van der Waals surface area contributed by atoms with Gasteiger partial charge in [-0.2, -0.15) is 0 Å². The largest absolute Gasteiger partial charge is 0.371 e. The van der Waals surface area contributed by atoms with Crippen molar-refractivity contribution in [1.82, 2.24) is 0 Å². The highest BCUT2D eigenvalue weighted by molar-refractivity contribution is 7.09. The van der Waals surface area contributed by atoms with E-state index in [9.17, 15) is 14.9 Å². The van der Waals surface area contributed by atoms with Crippen LogP contribution in [0.15, 0.2) is 35.7 Å². The number of nitro groups is 1. The number of thiophene rings is 1. The van der Waals surface area contributed by atoms with Gasteiger partial charge in [0.05, 0.1) is 4.92 Å². The van der Waals surface area contributed by atoms with Crippen LogP contribution in [0.5, 0.6) is 0 Å². The first-order chi connectivity index (χ1) is 10.0. The molecule has 0 aliphatic rings. The molecule has 0 saturated heterocycles. The Balaban J connectivity index is 2.23. The molecule has 0 N–H and O–H groups in total. The average molecular weight is 304 g/mol. The number of benzene rings is 1.